The fraction of sp³-hybridized carbons (Fsp3) is 0.200. The first-order valence-corrected chi connectivity index (χ1v) is 7.71. The summed E-state index contributed by atoms with van der Waals surface area (Å²) in [7, 11) is 0. The van der Waals surface area contributed by atoms with Crippen LogP contribution >= 0.6 is 23.4 Å². The van der Waals surface area contributed by atoms with Crippen molar-refractivity contribution in [2.24, 2.45) is 0 Å². The number of hydrogen-bond donors (Lipinski definition) is 1. The van der Waals surface area contributed by atoms with E-state index in [-0.39, 0.29) is 10.8 Å². The highest BCUT2D eigenvalue weighted by molar-refractivity contribution is 7.99. The van der Waals surface area contributed by atoms with Crippen LogP contribution in [0.1, 0.15) is 5.56 Å². The van der Waals surface area contributed by atoms with Gasteiger partial charge < -0.3 is 10.6 Å². The first-order chi connectivity index (χ1) is 9.63. The van der Waals surface area contributed by atoms with E-state index < -0.39 is 0 Å². The monoisotopic (exact) mass is 308 g/mol. The molecule has 2 N–H and O–H groups in total. The minimum atomic E-state index is -0.380. The predicted molar refractivity (Wildman–Crippen MR) is 84.0 cm³/mol. The summed E-state index contributed by atoms with van der Waals surface area (Å²) in [5.74, 6) is 0.653. The van der Waals surface area contributed by atoms with E-state index in [2.05, 4.69) is 11.0 Å². The Hall–Kier alpha value is -1.39. The van der Waals surface area contributed by atoms with Crippen LogP contribution in [0, 0.1) is 5.82 Å². The Labute approximate surface area is 126 Å². The highest BCUT2D eigenvalue weighted by Gasteiger charge is 2.18. The summed E-state index contributed by atoms with van der Waals surface area (Å²) < 4.78 is 13.2. The summed E-state index contributed by atoms with van der Waals surface area (Å²) in [6, 6.07) is 10.8. The van der Waals surface area contributed by atoms with Gasteiger partial charge in [0.2, 0.25) is 0 Å². The summed E-state index contributed by atoms with van der Waals surface area (Å²) in [4.78, 5) is 3.49. The molecule has 0 radical (unpaired) electrons. The van der Waals surface area contributed by atoms with Crippen LogP contribution in [0.3, 0.4) is 0 Å². The van der Waals surface area contributed by atoms with E-state index in [1.807, 2.05) is 23.9 Å². The largest absolute Gasteiger partial charge is 0.399 e. The van der Waals surface area contributed by atoms with Gasteiger partial charge >= 0.3 is 0 Å². The average molecular weight is 309 g/mol. The molecule has 0 aliphatic carbocycles. The van der Waals surface area contributed by atoms with Gasteiger partial charge in [0.1, 0.15) is 5.82 Å². The number of rotatable bonds is 2. The average Bonchev–Trinajstić information content (AvgIpc) is 2.44. The molecule has 0 amide bonds. The van der Waals surface area contributed by atoms with Crippen LogP contribution in [0.25, 0.3) is 0 Å². The molecule has 20 heavy (non-hydrogen) atoms. The van der Waals surface area contributed by atoms with Gasteiger partial charge in [0, 0.05) is 29.4 Å². The maximum absolute atomic E-state index is 13.2. The summed E-state index contributed by atoms with van der Waals surface area (Å²) in [6.07, 6.45) is 0. The van der Waals surface area contributed by atoms with Crippen LogP contribution in [-0.2, 0) is 6.54 Å². The van der Waals surface area contributed by atoms with Gasteiger partial charge in [0.15, 0.2) is 0 Å². The van der Waals surface area contributed by atoms with Crippen molar-refractivity contribution in [3.8, 4) is 0 Å². The lowest BCUT2D eigenvalue weighted by atomic mass is 10.2. The number of hydrogen-bond acceptors (Lipinski definition) is 3. The number of halogens is 2. The molecule has 104 valence electrons. The molecule has 0 spiro atoms. The molecule has 1 aliphatic rings. The molecule has 1 aliphatic heterocycles. The van der Waals surface area contributed by atoms with Gasteiger partial charge in [0.25, 0.3) is 0 Å². The Kier molecular flexibility index (Phi) is 3.76. The fourth-order valence-electron chi connectivity index (χ4n) is 2.31. The Morgan fingerprint density at radius 2 is 2.10 bits per heavy atom. The van der Waals surface area contributed by atoms with E-state index in [1.165, 1.54) is 11.0 Å². The van der Waals surface area contributed by atoms with Gasteiger partial charge in [-0.3, -0.25) is 0 Å². The van der Waals surface area contributed by atoms with E-state index in [0.717, 1.165) is 29.2 Å². The molecular formula is C15H14ClFN2S. The number of nitrogens with two attached hydrogens (primary N) is 1. The second-order valence-electron chi connectivity index (χ2n) is 4.75. The maximum Gasteiger partial charge on any atom is 0.141 e. The third-order valence-corrected chi connectivity index (χ3v) is 4.63. The summed E-state index contributed by atoms with van der Waals surface area (Å²) >= 11 is 7.67. The lowest BCUT2D eigenvalue weighted by molar-refractivity contribution is 0.627. The Morgan fingerprint density at radius 1 is 1.25 bits per heavy atom. The second kappa shape index (κ2) is 5.54. The minimum Gasteiger partial charge on any atom is -0.399 e. The molecule has 3 rings (SSSR count). The molecule has 0 saturated heterocycles. The summed E-state index contributed by atoms with van der Waals surface area (Å²) in [5.41, 5.74) is 8.77. The fourth-order valence-corrected chi connectivity index (χ4v) is 3.55. The molecular weight excluding hydrogens is 295 g/mol. The zero-order valence-electron chi connectivity index (χ0n) is 10.8. The van der Waals surface area contributed by atoms with E-state index in [0.29, 0.717) is 6.54 Å². The number of nitrogen functional groups attached to an aromatic ring is 1. The minimum absolute atomic E-state index is 0.168. The van der Waals surface area contributed by atoms with Gasteiger partial charge in [-0.1, -0.05) is 17.7 Å². The van der Waals surface area contributed by atoms with Gasteiger partial charge in [0.05, 0.1) is 10.7 Å². The van der Waals surface area contributed by atoms with Crippen LogP contribution in [0.2, 0.25) is 5.02 Å². The molecule has 5 heteroatoms. The van der Waals surface area contributed by atoms with E-state index in [4.69, 9.17) is 17.3 Å². The van der Waals surface area contributed by atoms with Gasteiger partial charge in [-0.05, 0) is 35.9 Å². The summed E-state index contributed by atoms with van der Waals surface area (Å²) in [6.45, 7) is 1.65. The van der Waals surface area contributed by atoms with Crippen molar-refractivity contribution in [2.75, 3.05) is 22.9 Å². The normalized spacial score (nSPS) is 14.2. The van der Waals surface area contributed by atoms with Crippen molar-refractivity contribution < 1.29 is 4.39 Å². The van der Waals surface area contributed by atoms with E-state index in [9.17, 15) is 4.39 Å². The van der Waals surface area contributed by atoms with Crippen LogP contribution in [0.4, 0.5) is 15.8 Å². The molecule has 0 atom stereocenters. The van der Waals surface area contributed by atoms with Crippen molar-refractivity contribution in [3.05, 3.63) is 52.8 Å². The molecule has 1 heterocycles. The van der Waals surface area contributed by atoms with Crippen LogP contribution < -0.4 is 10.6 Å². The summed E-state index contributed by atoms with van der Waals surface area (Å²) in [5, 5.41) is 0.168. The van der Waals surface area contributed by atoms with Crippen molar-refractivity contribution in [2.45, 2.75) is 11.4 Å². The predicted octanol–water partition coefficient (Wildman–Crippen LogP) is 4.17. The Morgan fingerprint density at radius 3 is 2.90 bits per heavy atom. The molecule has 2 aromatic carbocycles. The SMILES string of the molecule is Nc1ccc2c(c1)N(Cc1ccc(F)c(Cl)c1)CCS2. The van der Waals surface area contributed by atoms with Crippen molar-refractivity contribution in [1.82, 2.24) is 0 Å². The molecule has 0 saturated carbocycles. The smallest absolute Gasteiger partial charge is 0.141 e. The van der Waals surface area contributed by atoms with Gasteiger partial charge in [-0.15, -0.1) is 11.8 Å². The zero-order chi connectivity index (χ0) is 14.1. The zero-order valence-corrected chi connectivity index (χ0v) is 12.3. The quantitative estimate of drug-likeness (QED) is 0.844. The van der Waals surface area contributed by atoms with Gasteiger partial charge in [-0.25, -0.2) is 4.39 Å². The molecule has 2 nitrogen and oxygen atoms in total. The van der Waals surface area contributed by atoms with E-state index in [1.54, 1.807) is 12.1 Å². The highest BCUT2D eigenvalue weighted by Crippen LogP contribution is 2.36. The first kappa shape index (κ1) is 13.6. The molecule has 2 aromatic rings. The lowest BCUT2D eigenvalue weighted by Gasteiger charge is -2.31. The number of thioether (sulfide) groups is 1. The standard InChI is InChI=1S/C15H14ClFN2S/c16-12-7-10(1-3-13(12)17)9-19-5-6-20-15-4-2-11(18)8-14(15)19/h1-4,7-8H,5-6,9,18H2. The number of fused-ring (bicyclic) bond motifs is 1. The first-order valence-electron chi connectivity index (χ1n) is 6.35. The third-order valence-electron chi connectivity index (χ3n) is 3.30. The molecule has 0 aromatic heterocycles. The second-order valence-corrected chi connectivity index (χ2v) is 6.29. The molecule has 0 fully saturated rings. The van der Waals surface area contributed by atoms with Gasteiger partial charge in [-0.2, -0.15) is 0 Å². The Bertz CT molecular complexity index is 648. The van der Waals surface area contributed by atoms with Crippen molar-refractivity contribution in [3.63, 3.8) is 0 Å². The lowest BCUT2D eigenvalue weighted by Crippen LogP contribution is -2.28. The highest BCUT2D eigenvalue weighted by atomic mass is 35.5. The Balaban J connectivity index is 1.89. The third kappa shape index (κ3) is 2.72. The van der Waals surface area contributed by atoms with Crippen molar-refractivity contribution >= 4 is 34.7 Å². The molecule has 0 unspecified atom stereocenters. The van der Waals surface area contributed by atoms with Crippen LogP contribution in [0.15, 0.2) is 41.3 Å². The van der Waals surface area contributed by atoms with E-state index >= 15 is 0 Å². The maximum atomic E-state index is 13.2. The number of anilines is 2. The number of nitrogens with zero attached hydrogens (tertiary/aromatic N) is 1. The number of benzene rings is 2. The van der Waals surface area contributed by atoms with Crippen molar-refractivity contribution in [1.29, 1.82) is 0 Å². The van der Waals surface area contributed by atoms with Crippen LogP contribution in [0.5, 0.6) is 0 Å². The van der Waals surface area contributed by atoms with Crippen LogP contribution in [-0.4, -0.2) is 12.3 Å². The molecule has 0 bridgehead atoms. The topological polar surface area (TPSA) is 29.3 Å².